The Balaban J connectivity index is 2.86. The van der Waals surface area contributed by atoms with E-state index in [1.54, 1.807) is 12.3 Å². The van der Waals surface area contributed by atoms with Gasteiger partial charge in [-0.25, -0.2) is 4.98 Å². The van der Waals surface area contributed by atoms with E-state index in [1.165, 1.54) is 6.20 Å². The van der Waals surface area contributed by atoms with Crippen molar-refractivity contribution in [3.05, 3.63) is 33.0 Å². The van der Waals surface area contributed by atoms with E-state index in [1.807, 2.05) is 0 Å². The number of halogens is 1. The van der Waals surface area contributed by atoms with Crippen LogP contribution in [0.15, 0.2) is 22.9 Å². The first-order valence-electron chi connectivity index (χ1n) is 3.46. The van der Waals surface area contributed by atoms with Crippen LogP contribution in [0.1, 0.15) is 0 Å². The number of rotatable bonds is 1. The van der Waals surface area contributed by atoms with Gasteiger partial charge >= 0.3 is 0 Å². The summed E-state index contributed by atoms with van der Waals surface area (Å²) in [6.07, 6.45) is 2.91. The average molecular weight is 242 g/mol. The highest BCUT2D eigenvalue weighted by atomic mass is 79.9. The van der Waals surface area contributed by atoms with Crippen molar-refractivity contribution < 1.29 is 4.92 Å². The van der Waals surface area contributed by atoms with Gasteiger partial charge in [0.05, 0.1) is 11.1 Å². The number of pyridine rings is 1. The Labute approximate surface area is 81.1 Å². The van der Waals surface area contributed by atoms with Gasteiger partial charge in [0.1, 0.15) is 11.0 Å². The predicted octanol–water partition coefficient (Wildman–Crippen LogP) is 2.23. The Morgan fingerprint density at radius 3 is 3.08 bits per heavy atom. The zero-order valence-electron chi connectivity index (χ0n) is 6.32. The summed E-state index contributed by atoms with van der Waals surface area (Å²) in [5.74, 6) is 0. The summed E-state index contributed by atoms with van der Waals surface area (Å²) in [5, 5.41) is 11.1. The average Bonchev–Trinajstić information content (AvgIpc) is 2.49. The Hall–Kier alpha value is -1.43. The van der Waals surface area contributed by atoms with Gasteiger partial charge < -0.3 is 4.98 Å². The summed E-state index contributed by atoms with van der Waals surface area (Å²) < 4.78 is 0.672. The molecule has 1 N–H and O–H groups in total. The molecule has 0 aliphatic heterocycles. The highest BCUT2D eigenvalue weighted by Gasteiger charge is 2.16. The Morgan fingerprint density at radius 1 is 1.62 bits per heavy atom. The topological polar surface area (TPSA) is 71.8 Å². The van der Waals surface area contributed by atoms with E-state index in [4.69, 9.17) is 0 Å². The standard InChI is InChI=1S/C7H4BrN3O2/c8-4-1-2-9-7-6(4)5(3-10-7)11(12)13/h1-3H,(H,9,10). The molecule has 0 aliphatic carbocycles. The molecular formula is C7H4BrN3O2. The molecule has 0 saturated carbocycles. The number of nitrogens with one attached hydrogen (secondary N) is 1. The first-order valence-corrected chi connectivity index (χ1v) is 4.25. The molecule has 0 fully saturated rings. The fraction of sp³-hybridized carbons (Fsp3) is 0. The van der Waals surface area contributed by atoms with Crippen LogP contribution in [-0.4, -0.2) is 14.9 Å². The number of hydrogen-bond donors (Lipinski definition) is 1. The molecule has 0 aromatic carbocycles. The summed E-state index contributed by atoms with van der Waals surface area (Å²) in [6.45, 7) is 0. The highest BCUT2D eigenvalue weighted by Crippen LogP contribution is 2.30. The molecule has 0 unspecified atom stereocenters. The van der Waals surface area contributed by atoms with Crippen LogP contribution >= 0.6 is 15.9 Å². The molecule has 0 amide bonds. The van der Waals surface area contributed by atoms with Crippen LogP contribution in [0.3, 0.4) is 0 Å². The van der Waals surface area contributed by atoms with Crippen molar-refractivity contribution >= 4 is 32.7 Å². The molecule has 2 heterocycles. The van der Waals surface area contributed by atoms with Gasteiger partial charge in [-0.15, -0.1) is 0 Å². The van der Waals surface area contributed by atoms with E-state index in [0.717, 1.165) is 0 Å². The molecule has 2 rings (SSSR count). The molecule has 2 aromatic rings. The Morgan fingerprint density at radius 2 is 2.38 bits per heavy atom. The van der Waals surface area contributed by atoms with Crippen LogP contribution in [0.25, 0.3) is 11.0 Å². The number of nitrogens with zero attached hydrogens (tertiary/aromatic N) is 2. The molecule has 6 heteroatoms. The first kappa shape index (κ1) is 8.18. The smallest absolute Gasteiger partial charge is 0.297 e. The minimum atomic E-state index is -0.439. The maximum absolute atomic E-state index is 10.6. The second-order valence-electron chi connectivity index (χ2n) is 2.45. The third-order valence-electron chi connectivity index (χ3n) is 1.70. The van der Waals surface area contributed by atoms with Crippen LogP contribution in [0, 0.1) is 10.1 Å². The van der Waals surface area contributed by atoms with Crippen LogP contribution in [0.2, 0.25) is 0 Å². The maximum Gasteiger partial charge on any atom is 0.297 e. The Kier molecular flexibility index (Phi) is 1.77. The van der Waals surface area contributed by atoms with Gasteiger partial charge in [-0.1, -0.05) is 0 Å². The molecule has 0 spiro atoms. The lowest BCUT2D eigenvalue weighted by Gasteiger charge is -1.91. The fourth-order valence-electron chi connectivity index (χ4n) is 1.14. The lowest BCUT2D eigenvalue weighted by molar-refractivity contribution is -0.383. The lowest BCUT2D eigenvalue weighted by atomic mass is 10.3. The summed E-state index contributed by atoms with van der Waals surface area (Å²) in [4.78, 5) is 16.8. The second-order valence-corrected chi connectivity index (χ2v) is 3.30. The van der Waals surface area contributed by atoms with Gasteiger partial charge in [0, 0.05) is 10.7 Å². The number of fused-ring (bicyclic) bond motifs is 1. The van der Waals surface area contributed by atoms with E-state index < -0.39 is 4.92 Å². The molecule has 0 aliphatic rings. The Bertz CT molecular complexity index is 480. The van der Waals surface area contributed by atoms with Crippen LogP contribution in [0.4, 0.5) is 5.69 Å². The zero-order valence-corrected chi connectivity index (χ0v) is 7.91. The second kappa shape index (κ2) is 2.81. The van der Waals surface area contributed by atoms with Crippen LogP contribution < -0.4 is 0 Å². The summed E-state index contributed by atoms with van der Waals surface area (Å²) in [6, 6.07) is 1.67. The molecule has 0 saturated heterocycles. The zero-order chi connectivity index (χ0) is 9.42. The lowest BCUT2D eigenvalue weighted by Crippen LogP contribution is -1.85. The van der Waals surface area contributed by atoms with Crippen molar-refractivity contribution in [2.75, 3.05) is 0 Å². The summed E-state index contributed by atoms with van der Waals surface area (Å²) >= 11 is 3.23. The molecule has 5 nitrogen and oxygen atoms in total. The SMILES string of the molecule is O=[N+]([O-])c1c[nH]c2nccc(Br)c12. The van der Waals surface area contributed by atoms with Crippen molar-refractivity contribution in [1.82, 2.24) is 9.97 Å². The van der Waals surface area contributed by atoms with E-state index >= 15 is 0 Å². The molecule has 13 heavy (non-hydrogen) atoms. The van der Waals surface area contributed by atoms with Crippen molar-refractivity contribution in [1.29, 1.82) is 0 Å². The predicted molar refractivity (Wildman–Crippen MR) is 50.4 cm³/mol. The van der Waals surface area contributed by atoms with E-state index in [-0.39, 0.29) is 5.69 Å². The summed E-state index contributed by atoms with van der Waals surface area (Å²) in [7, 11) is 0. The van der Waals surface area contributed by atoms with Crippen molar-refractivity contribution in [3.63, 3.8) is 0 Å². The largest absolute Gasteiger partial charge is 0.340 e. The molecule has 0 bridgehead atoms. The highest BCUT2D eigenvalue weighted by molar-refractivity contribution is 9.10. The third kappa shape index (κ3) is 1.19. The van der Waals surface area contributed by atoms with Crippen LogP contribution in [-0.2, 0) is 0 Å². The van der Waals surface area contributed by atoms with E-state index in [9.17, 15) is 10.1 Å². The summed E-state index contributed by atoms with van der Waals surface area (Å²) in [5.41, 5.74) is 0.552. The van der Waals surface area contributed by atoms with Crippen molar-refractivity contribution in [2.24, 2.45) is 0 Å². The molecule has 2 aromatic heterocycles. The molecule has 0 atom stereocenters. The monoisotopic (exact) mass is 241 g/mol. The van der Waals surface area contributed by atoms with Gasteiger partial charge in [-0.2, -0.15) is 0 Å². The van der Waals surface area contributed by atoms with Gasteiger partial charge in [-0.05, 0) is 22.0 Å². The van der Waals surface area contributed by atoms with E-state index in [2.05, 4.69) is 25.9 Å². The molecular weight excluding hydrogens is 238 g/mol. The molecule has 66 valence electrons. The van der Waals surface area contributed by atoms with E-state index in [0.29, 0.717) is 15.5 Å². The van der Waals surface area contributed by atoms with Crippen LogP contribution in [0.5, 0.6) is 0 Å². The minimum Gasteiger partial charge on any atom is -0.340 e. The quantitative estimate of drug-likeness (QED) is 0.615. The number of nitro groups is 1. The van der Waals surface area contributed by atoms with Gasteiger partial charge in [0.25, 0.3) is 5.69 Å². The number of aromatic nitrogens is 2. The van der Waals surface area contributed by atoms with Crippen molar-refractivity contribution in [3.8, 4) is 0 Å². The number of aromatic amines is 1. The first-order chi connectivity index (χ1) is 6.20. The maximum atomic E-state index is 10.6. The molecule has 0 radical (unpaired) electrons. The normalized spacial score (nSPS) is 10.5. The number of hydrogen-bond acceptors (Lipinski definition) is 3. The van der Waals surface area contributed by atoms with Gasteiger partial charge in [0.15, 0.2) is 0 Å². The third-order valence-corrected chi connectivity index (χ3v) is 2.36. The van der Waals surface area contributed by atoms with Gasteiger partial charge in [-0.3, -0.25) is 10.1 Å². The minimum absolute atomic E-state index is 0.0370. The fourth-order valence-corrected chi connectivity index (χ4v) is 1.65. The van der Waals surface area contributed by atoms with Crippen molar-refractivity contribution in [2.45, 2.75) is 0 Å². The number of H-pyrrole nitrogens is 1. The van der Waals surface area contributed by atoms with Gasteiger partial charge in [0.2, 0.25) is 0 Å².